The van der Waals surface area contributed by atoms with Gasteiger partial charge in [0, 0.05) is 6.07 Å². The SMILES string of the molecule is Nc1cc(-c2c(O)cccc2C(F)(F)F)on1. The first-order valence-electron chi connectivity index (χ1n) is 4.51. The number of hydrogen-bond donors (Lipinski definition) is 2. The molecule has 0 unspecified atom stereocenters. The van der Waals surface area contributed by atoms with Gasteiger partial charge in [-0.1, -0.05) is 11.2 Å². The Kier molecular flexibility index (Phi) is 2.45. The fourth-order valence-electron chi connectivity index (χ4n) is 1.44. The molecule has 3 N–H and O–H groups in total. The van der Waals surface area contributed by atoms with Crippen LogP contribution in [0.1, 0.15) is 5.56 Å². The third kappa shape index (κ3) is 2.03. The smallest absolute Gasteiger partial charge is 0.417 e. The van der Waals surface area contributed by atoms with Crippen molar-refractivity contribution >= 4 is 5.82 Å². The Morgan fingerprint density at radius 2 is 2.00 bits per heavy atom. The number of anilines is 1. The molecule has 0 bridgehead atoms. The minimum absolute atomic E-state index is 0.0589. The zero-order valence-electron chi connectivity index (χ0n) is 8.32. The minimum Gasteiger partial charge on any atom is -0.507 e. The Labute approximate surface area is 93.4 Å². The quantitative estimate of drug-likeness (QED) is 0.808. The summed E-state index contributed by atoms with van der Waals surface area (Å²) in [5.74, 6) is -0.833. The van der Waals surface area contributed by atoms with Gasteiger partial charge in [0.1, 0.15) is 5.75 Å². The van der Waals surface area contributed by atoms with E-state index >= 15 is 0 Å². The average Bonchev–Trinajstić information content (AvgIpc) is 2.63. The zero-order chi connectivity index (χ0) is 12.6. The highest BCUT2D eigenvalue weighted by molar-refractivity contribution is 5.71. The molecular formula is C10H7F3N2O2. The molecule has 0 atom stereocenters. The van der Waals surface area contributed by atoms with E-state index in [1.807, 2.05) is 0 Å². The number of alkyl halides is 3. The summed E-state index contributed by atoms with van der Waals surface area (Å²) in [6.45, 7) is 0. The lowest BCUT2D eigenvalue weighted by Gasteiger charge is -2.11. The first kappa shape index (κ1) is 11.3. The van der Waals surface area contributed by atoms with Crippen LogP contribution in [-0.2, 0) is 6.18 Å². The number of aromatic nitrogens is 1. The Bertz CT molecular complexity index is 549. The monoisotopic (exact) mass is 244 g/mol. The number of nitrogens with two attached hydrogens (primary N) is 1. The van der Waals surface area contributed by atoms with E-state index in [1.54, 1.807) is 0 Å². The Hall–Kier alpha value is -2.18. The number of nitrogen functional groups attached to an aromatic ring is 1. The molecule has 0 aliphatic rings. The maximum absolute atomic E-state index is 12.7. The van der Waals surface area contributed by atoms with Gasteiger partial charge in [-0.25, -0.2) is 0 Å². The normalized spacial score (nSPS) is 11.7. The molecule has 0 aliphatic heterocycles. The van der Waals surface area contributed by atoms with E-state index in [-0.39, 0.29) is 11.6 Å². The second-order valence-electron chi connectivity index (χ2n) is 3.31. The van der Waals surface area contributed by atoms with E-state index < -0.39 is 23.1 Å². The summed E-state index contributed by atoms with van der Waals surface area (Å²) in [5, 5.41) is 12.8. The van der Waals surface area contributed by atoms with Crippen LogP contribution in [0.5, 0.6) is 5.75 Å². The van der Waals surface area contributed by atoms with Crippen molar-refractivity contribution in [2.45, 2.75) is 6.18 Å². The highest BCUT2D eigenvalue weighted by atomic mass is 19.4. The van der Waals surface area contributed by atoms with Gasteiger partial charge in [0.15, 0.2) is 11.6 Å². The standard InChI is InChI=1S/C10H7F3N2O2/c11-10(12,13)5-2-1-3-6(16)9(5)7-4-8(14)15-17-7/h1-4,16H,(H2,14,15). The molecule has 0 fully saturated rings. The highest BCUT2D eigenvalue weighted by Gasteiger charge is 2.35. The Morgan fingerprint density at radius 1 is 1.29 bits per heavy atom. The van der Waals surface area contributed by atoms with Crippen molar-refractivity contribution in [3.63, 3.8) is 0 Å². The van der Waals surface area contributed by atoms with Crippen molar-refractivity contribution in [2.75, 3.05) is 5.73 Å². The number of rotatable bonds is 1. The summed E-state index contributed by atoms with van der Waals surface area (Å²) in [4.78, 5) is 0. The van der Waals surface area contributed by atoms with Crippen LogP contribution in [0.3, 0.4) is 0 Å². The number of nitrogens with zero attached hydrogens (tertiary/aromatic N) is 1. The minimum atomic E-state index is -4.60. The second-order valence-corrected chi connectivity index (χ2v) is 3.31. The van der Waals surface area contributed by atoms with Gasteiger partial charge >= 0.3 is 6.18 Å². The number of phenolic OH excluding ortho intramolecular Hbond substituents is 1. The molecule has 17 heavy (non-hydrogen) atoms. The highest BCUT2D eigenvalue weighted by Crippen LogP contribution is 2.41. The van der Waals surface area contributed by atoms with Gasteiger partial charge in [-0.05, 0) is 12.1 Å². The molecule has 0 radical (unpaired) electrons. The van der Waals surface area contributed by atoms with Crippen LogP contribution in [0.4, 0.5) is 19.0 Å². The van der Waals surface area contributed by atoms with Crippen LogP contribution in [0.25, 0.3) is 11.3 Å². The van der Waals surface area contributed by atoms with E-state index in [0.29, 0.717) is 0 Å². The molecule has 0 aliphatic carbocycles. The molecule has 4 nitrogen and oxygen atoms in total. The lowest BCUT2D eigenvalue weighted by Crippen LogP contribution is -2.06. The maximum atomic E-state index is 12.7. The molecule has 2 rings (SSSR count). The lowest BCUT2D eigenvalue weighted by atomic mass is 10.0. The van der Waals surface area contributed by atoms with Crippen LogP contribution in [0.15, 0.2) is 28.8 Å². The average molecular weight is 244 g/mol. The van der Waals surface area contributed by atoms with Gasteiger partial charge in [-0.3, -0.25) is 0 Å². The van der Waals surface area contributed by atoms with Crippen molar-refractivity contribution in [3.05, 3.63) is 29.8 Å². The van der Waals surface area contributed by atoms with Crippen LogP contribution < -0.4 is 5.73 Å². The predicted octanol–water partition coefficient (Wildman–Crippen LogP) is 2.65. The van der Waals surface area contributed by atoms with E-state index in [0.717, 1.165) is 24.3 Å². The molecule has 0 amide bonds. The topological polar surface area (TPSA) is 72.3 Å². The number of hydrogen-bond acceptors (Lipinski definition) is 4. The first-order chi connectivity index (χ1) is 7.89. The third-order valence-electron chi connectivity index (χ3n) is 2.12. The van der Waals surface area contributed by atoms with Crippen molar-refractivity contribution in [1.29, 1.82) is 0 Å². The summed E-state index contributed by atoms with van der Waals surface area (Å²) in [5.41, 5.74) is 3.78. The summed E-state index contributed by atoms with van der Waals surface area (Å²) in [7, 11) is 0. The van der Waals surface area contributed by atoms with Gasteiger partial charge in [0.05, 0.1) is 11.1 Å². The molecule has 90 valence electrons. The maximum Gasteiger partial charge on any atom is 0.417 e. The van der Waals surface area contributed by atoms with Gasteiger partial charge in [-0.2, -0.15) is 13.2 Å². The van der Waals surface area contributed by atoms with Crippen molar-refractivity contribution < 1.29 is 22.8 Å². The van der Waals surface area contributed by atoms with E-state index in [1.165, 1.54) is 0 Å². The second kappa shape index (κ2) is 3.69. The van der Waals surface area contributed by atoms with E-state index in [4.69, 9.17) is 5.73 Å². The fraction of sp³-hybridized carbons (Fsp3) is 0.100. The summed E-state index contributed by atoms with van der Waals surface area (Å²) >= 11 is 0. The predicted molar refractivity (Wildman–Crippen MR) is 53.0 cm³/mol. The molecule has 2 aromatic rings. The Balaban J connectivity index is 2.67. The van der Waals surface area contributed by atoms with Gasteiger partial charge < -0.3 is 15.4 Å². The third-order valence-corrected chi connectivity index (χ3v) is 2.12. The molecule has 0 saturated carbocycles. The fourth-order valence-corrected chi connectivity index (χ4v) is 1.44. The molecule has 1 aromatic heterocycles. The van der Waals surface area contributed by atoms with Gasteiger partial charge in [0.2, 0.25) is 0 Å². The van der Waals surface area contributed by atoms with E-state index in [9.17, 15) is 18.3 Å². The van der Waals surface area contributed by atoms with Crippen LogP contribution in [0.2, 0.25) is 0 Å². The van der Waals surface area contributed by atoms with E-state index in [2.05, 4.69) is 9.68 Å². The number of aromatic hydroxyl groups is 1. The van der Waals surface area contributed by atoms with Crippen molar-refractivity contribution in [1.82, 2.24) is 5.16 Å². The van der Waals surface area contributed by atoms with Crippen LogP contribution in [0, 0.1) is 0 Å². The van der Waals surface area contributed by atoms with Gasteiger partial charge in [0.25, 0.3) is 0 Å². The zero-order valence-corrected chi connectivity index (χ0v) is 8.32. The van der Waals surface area contributed by atoms with Gasteiger partial charge in [-0.15, -0.1) is 0 Å². The Morgan fingerprint density at radius 3 is 2.53 bits per heavy atom. The first-order valence-corrected chi connectivity index (χ1v) is 4.51. The van der Waals surface area contributed by atoms with Crippen LogP contribution >= 0.6 is 0 Å². The largest absolute Gasteiger partial charge is 0.507 e. The summed E-state index contributed by atoms with van der Waals surface area (Å²) < 4.78 is 42.8. The lowest BCUT2D eigenvalue weighted by molar-refractivity contribution is -0.137. The molecular weight excluding hydrogens is 237 g/mol. The molecule has 7 heteroatoms. The summed E-state index contributed by atoms with van der Waals surface area (Å²) in [6.07, 6.45) is -4.60. The molecule has 1 heterocycles. The molecule has 0 spiro atoms. The molecule has 1 aromatic carbocycles. The number of phenols is 1. The van der Waals surface area contributed by atoms with Crippen LogP contribution in [-0.4, -0.2) is 10.3 Å². The van der Waals surface area contributed by atoms with Crippen molar-refractivity contribution in [2.24, 2.45) is 0 Å². The number of halogens is 3. The summed E-state index contributed by atoms with van der Waals surface area (Å²) in [6, 6.07) is 4.18. The van der Waals surface area contributed by atoms with Crippen molar-refractivity contribution in [3.8, 4) is 17.1 Å². The molecule has 0 saturated heterocycles. The number of benzene rings is 1.